The number of hydrogen-bond donors (Lipinski definition) is 6. The van der Waals surface area contributed by atoms with Crippen molar-refractivity contribution >= 4 is 5.91 Å². The first kappa shape index (κ1) is 49.2. The van der Waals surface area contributed by atoms with Gasteiger partial charge in [-0.2, -0.15) is 0 Å². The van der Waals surface area contributed by atoms with Crippen LogP contribution < -0.4 is 5.32 Å². The maximum absolute atomic E-state index is 12.9. The SMILES string of the molecule is CCCCCCCCCCCCCCCCCCCCCC(=O)NC(COC1OC(CO)C(O)C(O)C1O)C(O)CCCCCCCCCCCC. The average Bonchev–Trinajstić information content (AvgIpc) is 3.14. The molecule has 0 aliphatic carbocycles. The number of rotatable bonds is 37. The number of carbonyl (C=O) groups is 1. The molecule has 1 fully saturated rings. The molecule has 7 atom stereocenters. The number of amides is 1. The molecular formula is C43H85NO8. The topological polar surface area (TPSA) is 149 Å². The van der Waals surface area contributed by atoms with Gasteiger partial charge in [-0.1, -0.05) is 194 Å². The predicted octanol–water partition coefficient (Wildman–Crippen LogP) is 8.78. The summed E-state index contributed by atoms with van der Waals surface area (Å²) in [6, 6.07) is -0.709. The Morgan fingerprint density at radius 2 is 0.962 bits per heavy atom. The van der Waals surface area contributed by atoms with E-state index in [2.05, 4.69) is 19.2 Å². The van der Waals surface area contributed by atoms with Crippen molar-refractivity contribution in [1.82, 2.24) is 5.32 Å². The molecular weight excluding hydrogens is 658 g/mol. The van der Waals surface area contributed by atoms with Crippen LogP contribution in [0.1, 0.15) is 213 Å². The standard InChI is InChI=1S/C43H85NO8/c1-3-5-7-9-11-13-15-16-17-18-19-20-21-22-23-25-27-29-31-33-39(47)44-36(35-51-43-42(50)41(49)40(48)38(34-45)52-43)37(46)32-30-28-26-24-14-12-10-8-6-4-2/h36-38,40-43,45-46,48-50H,3-35H2,1-2H3,(H,44,47). The van der Waals surface area contributed by atoms with E-state index < -0.39 is 49.5 Å². The third kappa shape index (κ3) is 25.3. The molecule has 1 aliphatic rings. The number of ether oxygens (including phenoxy) is 2. The van der Waals surface area contributed by atoms with Crippen molar-refractivity contribution in [3.8, 4) is 0 Å². The molecule has 0 aromatic carbocycles. The average molecular weight is 744 g/mol. The largest absolute Gasteiger partial charge is 0.394 e. The molecule has 1 aliphatic heterocycles. The summed E-state index contributed by atoms with van der Waals surface area (Å²) in [5.74, 6) is -0.142. The summed E-state index contributed by atoms with van der Waals surface area (Å²) in [7, 11) is 0. The molecule has 9 nitrogen and oxygen atoms in total. The van der Waals surface area contributed by atoms with Gasteiger partial charge in [0.1, 0.15) is 24.4 Å². The van der Waals surface area contributed by atoms with Crippen LogP contribution in [0.3, 0.4) is 0 Å². The van der Waals surface area contributed by atoms with Crippen LogP contribution in [0.25, 0.3) is 0 Å². The maximum Gasteiger partial charge on any atom is 0.220 e. The molecule has 1 amide bonds. The molecule has 0 radical (unpaired) electrons. The van der Waals surface area contributed by atoms with Crippen LogP contribution in [0.4, 0.5) is 0 Å². The molecule has 1 heterocycles. The lowest BCUT2D eigenvalue weighted by atomic mass is 9.99. The number of hydrogen-bond acceptors (Lipinski definition) is 8. The van der Waals surface area contributed by atoms with E-state index in [1.54, 1.807) is 0 Å². The smallest absolute Gasteiger partial charge is 0.220 e. The Bertz CT molecular complexity index is 786. The highest BCUT2D eigenvalue weighted by Crippen LogP contribution is 2.23. The van der Waals surface area contributed by atoms with E-state index in [1.807, 2.05) is 0 Å². The molecule has 7 unspecified atom stereocenters. The lowest BCUT2D eigenvalue weighted by Gasteiger charge is -2.40. The van der Waals surface area contributed by atoms with Crippen LogP contribution in [0.15, 0.2) is 0 Å². The molecule has 0 aromatic heterocycles. The summed E-state index contributed by atoms with van der Waals surface area (Å²) < 4.78 is 11.2. The summed E-state index contributed by atoms with van der Waals surface area (Å²) in [5.41, 5.74) is 0. The molecule has 1 saturated heterocycles. The molecule has 0 bridgehead atoms. The Labute approximate surface area is 319 Å². The monoisotopic (exact) mass is 744 g/mol. The van der Waals surface area contributed by atoms with Gasteiger partial charge in [-0.15, -0.1) is 0 Å². The third-order valence-corrected chi connectivity index (χ3v) is 11.0. The van der Waals surface area contributed by atoms with Crippen molar-refractivity contribution in [2.75, 3.05) is 13.2 Å². The van der Waals surface area contributed by atoms with E-state index in [1.165, 1.54) is 148 Å². The Balaban J connectivity index is 2.28. The molecule has 310 valence electrons. The number of carbonyl (C=O) groups excluding carboxylic acids is 1. The van der Waals surface area contributed by atoms with Crippen LogP contribution >= 0.6 is 0 Å². The number of aliphatic hydroxyl groups is 5. The van der Waals surface area contributed by atoms with Gasteiger partial charge >= 0.3 is 0 Å². The Morgan fingerprint density at radius 1 is 0.577 bits per heavy atom. The first-order chi connectivity index (χ1) is 25.3. The van der Waals surface area contributed by atoms with Gasteiger partial charge in [0.25, 0.3) is 0 Å². The van der Waals surface area contributed by atoms with Crippen molar-refractivity contribution in [3.63, 3.8) is 0 Å². The fraction of sp³-hybridized carbons (Fsp3) is 0.977. The van der Waals surface area contributed by atoms with E-state index in [0.29, 0.717) is 12.8 Å². The van der Waals surface area contributed by atoms with Gasteiger partial charge in [0.05, 0.1) is 25.4 Å². The Kier molecular flexibility index (Phi) is 32.8. The van der Waals surface area contributed by atoms with Gasteiger partial charge in [0, 0.05) is 6.42 Å². The first-order valence-corrected chi connectivity index (χ1v) is 22.2. The zero-order valence-corrected chi connectivity index (χ0v) is 33.8. The maximum atomic E-state index is 12.9. The highest BCUT2D eigenvalue weighted by molar-refractivity contribution is 5.76. The van der Waals surface area contributed by atoms with E-state index in [-0.39, 0.29) is 12.5 Å². The van der Waals surface area contributed by atoms with Crippen LogP contribution in [0, 0.1) is 0 Å². The van der Waals surface area contributed by atoms with E-state index in [0.717, 1.165) is 38.5 Å². The third-order valence-electron chi connectivity index (χ3n) is 11.0. The molecule has 52 heavy (non-hydrogen) atoms. The van der Waals surface area contributed by atoms with Gasteiger partial charge < -0.3 is 40.3 Å². The van der Waals surface area contributed by atoms with Crippen LogP contribution in [0.2, 0.25) is 0 Å². The highest BCUT2D eigenvalue weighted by Gasteiger charge is 2.44. The minimum Gasteiger partial charge on any atom is -0.394 e. The summed E-state index contributed by atoms with van der Waals surface area (Å²) in [5, 5.41) is 54.2. The van der Waals surface area contributed by atoms with Gasteiger partial charge in [-0.3, -0.25) is 4.79 Å². The van der Waals surface area contributed by atoms with Gasteiger partial charge in [0.15, 0.2) is 6.29 Å². The second-order valence-electron chi connectivity index (χ2n) is 15.9. The van der Waals surface area contributed by atoms with E-state index in [4.69, 9.17) is 9.47 Å². The Morgan fingerprint density at radius 3 is 1.37 bits per heavy atom. The number of nitrogens with one attached hydrogen (secondary N) is 1. The second kappa shape index (κ2) is 34.7. The Hall–Kier alpha value is -0.810. The summed E-state index contributed by atoms with van der Waals surface area (Å²) in [4.78, 5) is 12.9. The number of aliphatic hydroxyl groups excluding tert-OH is 5. The van der Waals surface area contributed by atoms with Crippen LogP contribution in [-0.4, -0.2) is 87.5 Å². The molecule has 1 rings (SSSR count). The lowest BCUT2D eigenvalue weighted by Crippen LogP contribution is -2.60. The highest BCUT2D eigenvalue weighted by atomic mass is 16.7. The summed E-state index contributed by atoms with van der Waals surface area (Å²) >= 11 is 0. The summed E-state index contributed by atoms with van der Waals surface area (Å²) in [6.07, 6.45) is 29.7. The number of unbranched alkanes of at least 4 members (excludes halogenated alkanes) is 27. The first-order valence-electron chi connectivity index (χ1n) is 22.2. The zero-order chi connectivity index (χ0) is 38.1. The van der Waals surface area contributed by atoms with Crippen molar-refractivity contribution in [3.05, 3.63) is 0 Å². The fourth-order valence-corrected chi connectivity index (χ4v) is 7.34. The lowest BCUT2D eigenvalue weighted by molar-refractivity contribution is -0.302. The summed E-state index contributed by atoms with van der Waals surface area (Å²) in [6.45, 7) is 3.82. The van der Waals surface area contributed by atoms with Gasteiger partial charge in [-0.25, -0.2) is 0 Å². The minimum atomic E-state index is -1.55. The molecule has 6 N–H and O–H groups in total. The van der Waals surface area contributed by atoms with Crippen LogP contribution in [0.5, 0.6) is 0 Å². The second-order valence-corrected chi connectivity index (χ2v) is 15.9. The van der Waals surface area contributed by atoms with Gasteiger partial charge in [0.2, 0.25) is 5.91 Å². The fourth-order valence-electron chi connectivity index (χ4n) is 7.34. The van der Waals surface area contributed by atoms with Crippen molar-refractivity contribution in [2.45, 2.75) is 256 Å². The minimum absolute atomic E-state index is 0.132. The molecule has 0 saturated carbocycles. The zero-order valence-electron chi connectivity index (χ0n) is 33.8. The van der Waals surface area contributed by atoms with Crippen molar-refractivity contribution < 1.29 is 39.8 Å². The normalized spacial score (nSPS) is 21.7. The van der Waals surface area contributed by atoms with Crippen LogP contribution in [-0.2, 0) is 14.3 Å². The van der Waals surface area contributed by atoms with Crippen molar-refractivity contribution in [1.29, 1.82) is 0 Å². The quantitative estimate of drug-likeness (QED) is 0.0346. The van der Waals surface area contributed by atoms with Gasteiger partial charge in [-0.05, 0) is 12.8 Å². The molecule has 0 aromatic rings. The molecule has 0 spiro atoms. The molecule has 9 heteroatoms. The van der Waals surface area contributed by atoms with E-state index >= 15 is 0 Å². The van der Waals surface area contributed by atoms with Crippen molar-refractivity contribution in [2.24, 2.45) is 0 Å². The van der Waals surface area contributed by atoms with E-state index in [9.17, 15) is 30.3 Å². The predicted molar refractivity (Wildman–Crippen MR) is 212 cm³/mol.